The largest absolute Gasteiger partial charge is 1.00 e. The smallest absolute Gasteiger partial charge is 0.246 e. The van der Waals surface area contributed by atoms with Gasteiger partial charge < -0.3 is 87.8 Å². The van der Waals surface area contributed by atoms with Crippen molar-refractivity contribution >= 4 is 59.1 Å². The van der Waals surface area contributed by atoms with E-state index in [4.69, 9.17) is 0 Å². The second-order valence-corrected chi connectivity index (χ2v) is 24.5. The molecule has 0 aliphatic carbocycles. The van der Waals surface area contributed by atoms with Crippen LogP contribution >= 0.6 is 0 Å². The van der Waals surface area contributed by atoms with Gasteiger partial charge in [0.15, 0.2) is 0 Å². The van der Waals surface area contributed by atoms with Gasteiger partial charge in [-0.3, -0.25) is 47.9 Å². The van der Waals surface area contributed by atoms with Gasteiger partial charge in [0.2, 0.25) is 59.1 Å². The van der Waals surface area contributed by atoms with Crippen molar-refractivity contribution in [3.8, 4) is 0 Å². The Balaban J connectivity index is 0.00000968. The molecule has 24 heteroatoms. The molecule has 480 valence electrons. The Hall–Kier alpha value is -6.36. The van der Waals surface area contributed by atoms with E-state index in [1.165, 1.54) is 9.80 Å². The van der Waals surface area contributed by atoms with Gasteiger partial charge >= 0.3 is 0 Å². The number of hydrogen-bond acceptors (Lipinski definition) is 10. The Morgan fingerprint density at radius 2 is 0.733 bits per heavy atom. The van der Waals surface area contributed by atoms with Crippen molar-refractivity contribution in [1.82, 2.24) is 52.3 Å². The van der Waals surface area contributed by atoms with Crippen LogP contribution in [0.5, 0.6) is 0 Å². The molecule has 2 aromatic rings. The summed E-state index contributed by atoms with van der Waals surface area (Å²) in [5.74, 6) is -7.33. The highest BCUT2D eigenvalue weighted by Crippen LogP contribution is 2.24. The quantitative estimate of drug-likeness (QED) is 0.0630. The van der Waals surface area contributed by atoms with Crippen LogP contribution in [-0.2, 0) is 60.8 Å². The number of nitrogens with zero attached hydrogens (tertiary/aromatic N) is 2. The molecule has 10 atom stereocenters. The maximum absolute atomic E-state index is 15.0. The summed E-state index contributed by atoms with van der Waals surface area (Å²) in [4.78, 5) is 150. The van der Waals surface area contributed by atoms with Gasteiger partial charge in [0, 0.05) is 25.9 Å². The summed E-state index contributed by atoms with van der Waals surface area (Å²) in [6, 6.07) is 6.77. The van der Waals surface area contributed by atoms with Crippen molar-refractivity contribution in [2.75, 3.05) is 40.3 Å². The molecule has 0 aromatic heterocycles. The molecule has 5 rings (SSSR count). The van der Waals surface area contributed by atoms with E-state index in [-0.39, 0.29) is 101 Å². The van der Waals surface area contributed by atoms with Crippen molar-refractivity contribution < 1.29 is 83.4 Å². The summed E-state index contributed by atoms with van der Waals surface area (Å²) in [6.45, 7) is 16.2. The van der Waals surface area contributed by atoms with E-state index >= 15 is 0 Å². The third-order valence-electron chi connectivity index (χ3n) is 15.9. The minimum Gasteiger partial charge on any atom is -1.00 e. The fourth-order valence-corrected chi connectivity index (χ4v) is 11.3. The van der Waals surface area contributed by atoms with Gasteiger partial charge in [-0.25, -0.2) is 0 Å². The van der Waals surface area contributed by atoms with Crippen LogP contribution in [0.4, 0.5) is 0 Å². The van der Waals surface area contributed by atoms with Crippen molar-refractivity contribution in [1.29, 1.82) is 0 Å². The van der Waals surface area contributed by atoms with Crippen molar-refractivity contribution in [2.45, 2.75) is 193 Å². The summed E-state index contributed by atoms with van der Waals surface area (Å²) >= 11 is 0. The van der Waals surface area contributed by atoms with E-state index in [1.807, 2.05) is 113 Å². The number of carbonyl (C=O) groups is 10. The molecular formula is C62H98Cl2N12O10. The van der Waals surface area contributed by atoms with Crippen LogP contribution in [0.15, 0.2) is 60.7 Å². The van der Waals surface area contributed by atoms with E-state index in [0.717, 1.165) is 11.1 Å². The molecule has 3 heterocycles. The van der Waals surface area contributed by atoms with E-state index < -0.39 is 131 Å². The van der Waals surface area contributed by atoms with Gasteiger partial charge in [0.05, 0.1) is 27.2 Å². The first kappa shape index (κ1) is 73.9. The normalized spacial score (nSPS) is 25.6. The minimum absolute atomic E-state index is 0. The SMILES string of the molecule is C[NH2+]CCC[C@@H]1NC(=O)[C@H](C(C)C)NC(=O)[C@@H]2CCCN2C(=O)[C@@H](Cc2ccccc2)NC(=O)[C@H](CC(C)C)NC(=O)[C@H](CCC[NH2+]C)NC(=O)[C@H](C(C)C)NC(=O)[C@@H]2CCCN2C(=O)[C@@H](Cc2ccccc2)NC(=O)[C@H](CC(C)C)NC1=O.[Cl-].[Cl-]. The van der Waals surface area contributed by atoms with Crippen LogP contribution in [0.2, 0.25) is 0 Å². The molecule has 3 fully saturated rings. The molecule has 0 saturated carbocycles. The zero-order chi connectivity index (χ0) is 61.6. The molecule has 12 N–H and O–H groups in total. The summed E-state index contributed by atoms with van der Waals surface area (Å²) in [5, 5.41) is 27.1. The Labute approximate surface area is 521 Å². The lowest BCUT2D eigenvalue weighted by atomic mass is 9.98. The average molecular weight is 1240 g/mol. The number of quaternary nitrogens is 2. The summed E-state index contributed by atoms with van der Waals surface area (Å²) in [6.07, 6.45) is 3.21. The third-order valence-corrected chi connectivity index (χ3v) is 15.9. The molecule has 22 nitrogen and oxygen atoms in total. The van der Waals surface area contributed by atoms with Gasteiger partial charge in [0.25, 0.3) is 0 Å². The molecular weight excluding hydrogens is 1140 g/mol. The number of rotatable bonds is 18. The van der Waals surface area contributed by atoms with Gasteiger partial charge in [-0.2, -0.15) is 0 Å². The number of hydrogen-bond donors (Lipinski definition) is 10. The fraction of sp³-hybridized carbons (Fsp3) is 0.645. The topological polar surface area (TPSA) is 307 Å². The van der Waals surface area contributed by atoms with E-state index in [2.05, 4.69) is 42.5 Å². The molecule has 86 heavy (non-hydrogen) atoms. The van der Waals surface area contributed by atoms with Crippen LogP contribution in [0.25, 0.3) is 0 Å². The molecule has 0 spiro atoms. The number of benzene rings is 2. The lowest BCUT2D eigenvalue weighted by Gasteiger charge is -2.33. The van der Waals surface area contributed by atoms with E-state index in [9.17, 15) is 47.9 Å². The molecule has 10 amide bonds. The number of amides is 10. The first-order valence-corrected chi connectivity index (χ1v) is 30.7. The van der Waals surface area contributed by atoms with Crippen LogP contribution in [-0.4, -0.2) is 170 Å². The highest BCUT2D eigenvalue weighted by atomic mass is 35.5. The lowest BCUT2D eigenvalue weighted by Crippen LogP contribution is -3.00. The van der Waals surface area contributed by atoms with Gasteiger partial charge in [-0.05, 0) is 99.0 Å². The van der Waals surface area contributed by atoms with Crippen molar-refractivity contribution in [2.24, 2.45) is 23.7 Å². The van der Waals surface area contributed by atoms with Crippen LogP contribution < -0.4 is 78.0 Å². The maximum Gasteiger partial charge on any atom is 0.246 e. The average Bonchev–Trinajstić information content (AvgIpc) is 3.37. The second-order valence-electron chi connectivity index (χ2n) is 24.5. The second kappa shape index (κ2) is 36.7. The van der Waals surface area contributed by atoms with Gasteiger partial charge in [0.1, 0.15) is 60.4 Å². The molecule has 3 aliphatic heterocycles. The number of fused-ring (bicyclic) bond motifs is 2. The lowest BCUT2D eigenvalue weighted by molar-refractivity contribution is -0.627. The highest BCUT2D eigenvalue weighted by Gasteiger charge is 2.43. The first-order valence-electron chi connectivity index (χ1n) is 30.7. The predicted molar refractivity (Wildman–Crippen MR) is 318 cm³/mol. The molecule has 2 aromatic carbocycles. The highest BCUT2D eigenvalue weighted by molar-refractivity contribution is 6.00. The number of nitrogens with one attached hydrogen (secondary N) is 8. The first-order chi connectivity index (χ1) is 40.0. The zero-order valence-corrected chi connectivity index (χ0v) is 53.6. The molecule has 0 unspecified atom stereocenters. The fourth-order valence-electron chi connectivity index (χ4n) is 11.3. The van der Waals surface area contributed by atoms with E-state index in [1.54, 1.807) is 27.7 Å². The van der Waals surface area contributed by atoms with Gasteiger partial charge in [-0.15, -0.1) is 0 Å². The zero-order valence-electron chi connectivity index (χ0n) is 52.1. The maximum atomic E-state index is 15.0. The van der Waals surface area contributed by atoms with Crippen molar-refractivity contribution in [3.05, 3.63) is 71.8 Å². The molecule has 0 bridgehead atoms. The Morgan fingerprint density at radius 3 is 1.05 bits per heavy atom. The van der Waals surface area contributed by atoms with Gasteiger partial charge in [-0.1, -0.05) is 116 Å². The molecule has 3 aliphatic rings. The Kier molecular flexibility index (Phi) is 31.5. The predicted octanol–water partition coefficient (Wildman–Crippen LogP) is -6.30. The Morgan fingerprint density at radius 1 is 0.419 bits per heavy atom. The van der Waals surface area contributed by atoms with Crippen LogP contribution in [0.3, 0.4) is 0 Å². The molecule has 0 radical (unpaired) electrons. The monoisotopic (exact) mass is 1240 g/mol. The van der Waals surface area contributed by atoms with Crippen LogP contribution in [0, 0.1) is 23.7 Å². The third kappa shape index (κ3) is 22.1. The summed E-state index contributed by atoms with van der Waals surface area (Å²) < 4.78 is 0. The number of carbonyl (C=O) groups excluding carboxylic acids is 10. The molecule has 3 saturated heterocycles. The van der Waals surface area contributed by atoms with Crippen molar-refractivity contribution in [3.63, 3.8) is 0 Å². The number of halogens is 2. The summed E-state index contributed by atoms with van der Waals surface area (Å²) in [7, 11) is 3.76. The number of nitrogens with two attached hydrogens (primary N) is 2. The minimum atomic E-state index is -1.20. The Bertz CT molecular complexity index is 2370. The van der Waals surface area contributed by atoms with Crippen LogP contribution in [0.1, 0.15) is 131 Å². The van der Waals surface area contributed by atoms with E-state index in [0.29, 0.717) is 38.8 Å². The summed E-state index contributed by atoms with van der Waals surface area (Å²) in [5.41, 5.74) is 1.45. The standard InChI is InChI=1S/C62H96N12O10.2ClH/c1-37(2)33-45-55(77)69-47(35-41-21-13-11-14-22-41)61(83)73-31-19-27-49(73)57(79)72-52(40(7)8)60(82)66-44(26-18-30-64-10)54(76)68-46(34-38(3)4)56(78)70-48(36-42-23-15-12-16-24-42)62(84)74-32-20-28-50(74)58(80)71-51(39(5)6)59(81)65-43(53(75)67-45)25-17-29-63-9;;/h11-16,21-24,37-40,43-52,63-64H,17-20,25-36H2,1-10H3,(H,65,81)(H,66,82)(H,67,75)(H,68,76)(H,69,77)(H,70,78)(H,71,80)(H,72,79);2*1H/t43-,44-,45-,46-,47+,48+,49-,50-,51-,52-;;/m0../s1.